The number of amides is 1. The van der Waals surface area contributed by atoms with Crippen LogP contribution in [0.25, 0.3) is 0 Å². The molecule has 1 saturated heterocycles. The van der Waals surface area contributed by atoms with E-state index in [1.807, 2.05) is 6.92 Å². The van der Waals surface area contributed by atoms with E-state index in [0.717, 1.165) is 32.5 Å². The topological polar surface area (TPSA) is 69.2 Å². The van der Waals surface area contributed by atoms with Gasteiger partial charge >= 0.3 is 0 Å². The Bertz CT molecular complexity index is 619. The van der Waals surface area contributed by atoms with Crippen LogP contribution in [0, 0.1) is 0 Å². The zero-order valence-electron chi connectivity index (χ0n) is 18.1. The molecule has 1 aromatic carbocycles. The third-order valence-electron chi connectivity index (χ3n) is 4.85. The summed E-state index contributed by atoms with van der Waals surface area (Å²) in [5.74, 6) is 0.666. The number of nitrogens with one attached hydrogen (secondary N) is 2. The van der Waals surface area contributed by atoms with Gasteiger partial charge in [0, 0.05) is 52.9 Å². The molecule has 2 rings (SSSR count). The number of halogens is 1. The van der Waals surface area contributed by atoms with Crippen LogP contribution in [0.2, 0.25) is 0 Å². The molecule has 1 amide bonds. The van der Waals surface area contributed by atoms with Gasteiger partial charge in [0.25, 0.3) is 0 Å². The number of carbonyl (C=O) groups is 1. The number of methoxy groups -OCH3 is 1. The highest BCUT2D eigenvalue weighted by Crippen LogP contribution is 2.13. The minimum absolute atomic E-state index is 0. The highest BCUT2D eigenvalue weighted by atomic mass is 127. The lowest BCUT2D eigenvalue weighted by Gasteiger charge is -2.33. The predicted octanol–water partition coefficient (Wildman–Crippen LogP) is 1.93. The number of likely N-dealkylation sites (tertiary alicyclic amines) is 1. The molecular formula is C21H36IN5O2. The Balaban J connectivity index is 0.00000420. The fourth-order valence-electron chi connectivity index (χ4n) is 3.22. The minimum atomic E-state index is -0.0156. The van der Waals surface area contributed by atoms with Crippen molar-refractivity contribution in [1.29, 1.82) is 0 Å². The highest BCUT2D eigenvalue weighted by molar-refractivity contribution is 14.0. The third kappa shape index (κ3) is 9.77. The molecule has 1 aromatic rings. The van der Waals surface area contributed by atoms with Crippen LogP contribution in [-0.4, -0.2) is 81.2 Å². The molecule has 1 unspecified atom stereocenters. The molecule has 0 spiro atoms. The molecule has 0 saturated carbocycles. The largest absolute Gasteiger partial charge is 0.383 e. The summed E-state index contributed by atoms with van der Waals surface area (Å²) in [5.41, 5.74) is 1.36. The molecule has 1 fully saturated rings. The van der Waals surface area contributed by atoms with Crippen molar-refractivity contribution < 1.29 is 9.53 Å². The summed E-state index contributed by atoms with van der Waals surface area (Å²) in [7, 11) is 5.17. The molecule has 1 aliphatic heterocycles. The van der Waals surface area contributed by atoms with E-state index in [4.69, 9.17) is 4.74 Å². The Morgan fingerprint density at radius 2 is 1.93 bits per heavy atom. The summed E-state index contributed by atoms with van der Waals surface area (Å²) in [6.45, 7) is 5.84. The number of carbonyl (C=O) groups excluding carboxylic acids is 1. The summed E-state index contributed by atoms with van der Waals surface area (Å²) in [4.78, 5) is 20.4. The second-order valence-electron chi connectivity index (χ2n) is 7.63. The lowest BCUT2D eigenvalue weighted by molar-refractivity contribution is -0.127. The van der Waals surface area contributed by atoms with Gasteiger partial charge in [0.15, 0.2) is 5.96 Å². The molecule has 1 heterocycles. The zero-order valence-corrected chi connectivity index (χ0v) is 20.4. The highest BCUT2D eigenvalue weighted by Gasteiger charge is 2.21. The Labute approximate surface area is 192 Å². The summed E-state index contributed by atoms with van der Waals surface area (Å²) < 4.78 is 5.20. The van der Waals surface area contributed by atoms with E-state index in [9.17, 15) is 4.79 Å². The van der Waals surface area contributed by atoms with Crippen LogP contribution in [0.3, 0.4) is 0 Å². The van der Waals surface area contributed by atoms with Crippen LogP contribution in [0.5, 0.6) is 0 Å². The molecular weight excluding hydrogens is 481 g/mol. The van der Waals surface area contributed by atoms with Gasteiger partial charge in [-0.25, -0.2) is 4.99 Å². The standard InChI is InChI=1S/C21H35N5O2.HI/c1-17(16-28-4)23-21(22-14-20(27)25(2)3)24-19-10-12-26(13-11-19)15-18-8-6-5-7-9-18;/h5-9,17,19H,10-16H2,1-4H3,(H2,22,23,24);1H. The Morgan fingerprint density at radius 1 is 1.28 bits per heavy atom. The normalized spacial score (nSPS) is 16.6. The second kappa shape index (κ2) is 13.8. The van der Waals surface area contributed by atoms with Gasteiger partial charge < -0.3 is 20.3 Å². The average Bonchev–Trinajstić information content (AvgIpc) is 2.68. The van der Waals surface area contributed by atoms with Gasteiger partial charge in [-0.15, -0.1) is 24.0 Å². The molecule has 1 aliphatic rings. The monoisotopic (exact) mass is 517 g/mol. The van der Waals surface area contributed by atoms with Gasteiger partial charge in [-0.3, -0.25) is 9.69 Å². The lowest BCUT2D eigenvalue weighted by Crippen LogP contribution is -2.51. The number of nitrogens with zero attached hydrogens (tertiary/aromatic N) is 3. The summed E-state index contributed by atoms with van der Waals surface area (Å²) >= 11 is 0. The first-order valence-electron chi connectivity index (χ1n) is 10.0. The number of hydrogen-bond acceptors (Lipinski definition) is 4. The SMILES string of the molecule is COCC(C)NC(=NCC(=O)N(C)C)NC1CCN(Cc2ccccc2)CC1.I. The van der Waals surface area contributed by atoms with Gasteiger partial charge in [0.05, 0.1) is 6.61 Å². The van der Waals surface area contributed by atoms with Crippen molar-refractivity contribution in [1.82, 2.24) is 20.4 Å². The van der Waals surface area contributed by atoms with Gasteiger partial charge in [-0.05, 0) is 25.3 Å². The number of likely N-dealkylation sites (N-methyl/N-ethyl adjacent to an activating group) is 1. The van der Waals surface area contributed by atoms with E-state index >= 15 is 0 Å². The number of rotatable bonds is 8. The number of aliphatic imine (C=N–C) groups is 1. The van der Waals surface area contributed by atoms with E-state index < -0.39 is 0 Å². The first-order valence-corrected chi connectivity index (χ1v) is 10.0. The molecule has 0 radical (unpaired) electrons. The first-order chi connectivity index (χ1) is 13.5. The lowest BCUT2D eigenvalue weighted by atomic mass is 10.0. The molecule has 0 bridgehead atoms. The molecule has 164 valence electrons. The first kappa shape index (κ1) is 25.6. The fraction of sp³-hybridized carbons (Fsp3) is 0.619. The van der Waals surface area contributed by atoms with Crippen molar-refractivity contribution in [2.75, 3.05) is 47.4 Å². The molecule has 0 aliphatic carbocycles. The Kier molecular flexibility index (Phi) is 12.2. The Morgan fingerprint density at radius 3 is 2.52 bits per heavy atom. The maximum atomic E-state index is 11.9. The van der Waals surface area contributed by atoms with Crippen molar-refractivity contribution in [3.05, 3.63) is 35.9 Å². The van der Waals surface area contributed by atoms with E-state index in [-0.39, 0.29) is 42.5 Å². The fourth-order valence-corrected chi connectivity index (χ4v) is 3.22. The van der Waals surface area contributed by atoms with Crippen molar-refractivity contribution in [3.63, 3.8) is 0 Å². The van der Waals surface area contributed by atoms with Crippen LogP contribution >= 0.6 is 24.0 Å². The van der Waals surface area contributed by atoms with E-state index in [2.05, 4.69) is 50.9 Å². The van der Waals surface area contributed by atoms with Crippen LogP contribution < -0.4 is 10.6 Å². The van der Waals surface area contributed by atoms with Crippen LogP contribution in [0.15, 0.2) is 35.3 Å². The van der Waals surface area contributed by atoms with Crippen LogP contribution in [-0.2, 0) is 16.1 Å². The molecule has 0 aromatic heterocycles. The Hall–Kier alpha value is -1.39. The van der Waals surface area contributed by atoms with Crippen molar-refractivity contribution >= 4 is 35.8 Å². The summed E-state index contributed by atoms with van der Waals surface area (Å²) in [6, 6.07) is 11.1. The number of benzene rings is 1. The van der Waals surface area contributed by atoms with Crippen molar-refractivity contribution in [2.24, 2.45) is 4.99 Å². The summed E-state index contributed by atoms with van der Waals surface area (Å²) in [6.07, 6.45) is 2.10. The number of ether oxygens (including phenoxy) is 1. The third-order valence-corrected chi connectivity index (χ3v) is 4.85. The molecule has 29 heavy (non-hydrogen) atoms. The van der Waals surface area contributed by atoms with E-state index in [1.165, 1.54) is 5.56 Å². The number of piperidine rings is 1. The smallest absolute Gasteiger partial charge is 0.243 e. The van der Waals surface area contributed by atoms with Gasteiger partial charge in [-0.2, -0.15) is 0 Å². The average molecular weight is 517 g/mol. The number of guanidine groups is 1. The van der Waals surface area contributed by atoms with Gasteiger partial charge in [-0.1, -0.05) is 30.3 Å². The van der Waals surface area contributed by atoms with Crippen molar-refractivity contribution in [3.8, 4) is 0 Å². The molecule has 8 heteroatoms. The van der Waals surface area contributed by atoms with E-state index in [0.29, 0.717) is 18.6 Å². The molecule has 7 nitrogen and oxygen atoms in total. The minimum Gasteiger partial charge on any atom is -0.383 e. The molecule has 1 atom stereocenters. The predicted molar refractivity (Wildman–Crippen MR) is 129 cm³/mol. The molecule has 2 N–H and O–H groups in total. The number of hydrogen-bond donors (Lipinski definition) is 2. The van der Waals surface area contributed by atoms with Gasteiger partial charge in [0.2, 0.25) is 5.91 Å². The maximum Gasteiger partial charge on any atom is 0.243 e. The second-order valence-corrected chi connectivity index (χ2v) is 7.63. The van der Waals surface area contributed by atoms with Gasteiger partial charge in [0.1, 0.15) is 6.54 Å². The maximum absolute atomic E-state index is 11.9. The van der Waals surface area contributed by atoms with Crippen molar-refractivity contribution in [2.45, 2.75) is 38.4 Å². The summed E-state index contributed by atoms with van der Waals surface area (Å²) in [5, 5.41) is 6.85. The quantitative estimate of drug-likeness (QED) is 0.314. The van der Waals surface area contributed by atoms with E-state index in [1.54, 1.807) is 26.1 Å². The van der Waals surface area contributed by atoms with Crippen LogP contribution in [0.4, 0.5) is 0 Å². The van der Waals surface area contributed by atoms with Crippen LogP contribution in [0.1, 0.15) is 25.3 Å². The zero-order chi connectivity index (χ0) is 20.4.